The van der Waals surface area contributed by atoms with Gasteiger partial charge in [-0.25, -0.2) is 8.42 Å². The Labute approximate surface area is 77.2 Å². The first kappa shape index (κ1) is 12.3. The minimum absolute atomic E-state index is 0.174. The molecule has 7 heteroatoms. The molecule has 0 aromatic rings. The van der Waals surface area contributed by atoms with Crippen molar-refractivity contribution in [1.29, 1.82) is 0 Å². The molecule has 13 heavy (non-hydrogen) atoms. The molecule has 6 nitrogen and oxygen atoms in total. The maximum absolute atomic E-state index is 10.9. The van der Waals surface area contributed by atoms with E-state index in [0.29, 0.717) is 0 Å². The van der Waals surface area contributed by atoms with E-state index in [9.17, 15) is 13.2 Å². The normalized spacial score (nSPS) is 11.2. The molecule has 0 amide bonds. The fourth-order valence-corrected chi connectivity index (χ4v) is 1.39. The average Bonchev–Trinajstić information content (AvgIpc) is 2.02. The fourth-order valence-electron chi connectivity index (χ4n) is 0.619. The van der Waals surface area contributed by atoms with Crippen molar-refractivity contribution in [3.05, 3.63) is 0 Å². The molecular weight excluding hydrogens is 198 g/mol. The second kappa shape index (κ2) is 5.90. The van der Waals surface area contributed by atoms with Crippen molar-refractivity contribution < 1.29 is 22.8 Å². The van der Waals surface area contributed by atoms with Gasteiger partial charge < -0.3 is 4.74 Å². The molecule has 0 atom stereocenters. The molecular formula is C6H13NO5S. The fraction of sp³-hybridized carbons (Fsp3) is 0.833. The second-order valence-corrected chi connectivity index (χ2v) is 3.97. The van der Waals surface area contributed by atoms with Gasteiger partial charge in [0.2, 0.25) is 10.0 Å². The first-order chi connectivity index (χ1) is 6.02. The maximum atomic E-state index is 10.9. The van der Waals surface area contributed by atoms with E-state index in [-0.39, 0.29) is 18.8 Å². The zero-order valence-corrected chi connectivity index (χ0v) is 8.39. The van der Waals surface area contributed by atoms with Crippen LogP contribution in [-0.4, -0.2) is 33.9 Å². The van der Waals surface area contributed by atoms with Gasteiger partial charge in [0, 0.05) is 0 Å². The van der Waals surface area contributed by atoms with Gasteiger partial charge in [-0.3, -0.25) is 9.63 Å². The van der Waals surface area contributed by atoms with E-state index in [1.807, 2.05) is 0 Å². The minimum Gasteiger partial charge on any atom is -0.466 e. The number of hydrogen-bond donors (Lipinski definition) is 1. The van der Waals surface area contributed by atoms with Crippen LogP contribution in [0.5, 0.6) is 0 Å². The lowest BCUT2D eigenvalue weighted by Crippen LogP contribution is -2.26. The van der Waals surface area contributed by atoms with Crippen molar-refractivity contribution in [2.45, 2.75) is 13.3 Å². The van der Waals surface area contributed by atoms with Crippen molar-refractivity contribution >= 4 is 16.0 Å². The zero-order valence-electron chi connectivity index (χ0n) is 7.57. The molecule has 0 aliphatic carbocycles. The van der Waals surface area contributed by atoms with Gasteiger partial charge in [0.15, 0.2) is 0 Å². The Morgan fingerprint density at radius 2 is 2.08 bits per heavy atom. The van der Waals surface area contributed by atoms with Crippen LogP contribution in [-0.2, 0) is 24.4 Å². The number of esters is 1. The standard InChI is InChI=1S/C6H13NO5S/c1-3-12-6(8)4-5-13(9,10)7-11-2/h7H,3-5H2,1-2H3. The Morgan fingerprint density at radius 1 is 1.46 bits per heavy atom. The Bertz CT molecular complexity index is 248. The number of rotatable bonds is 6. The van der Waals surface area contributed by atoms with Gasteiger partial charge in [-0.05, 0) is 6.92 Å². The average molecular weight is 211 g/mol. The van der Waals surface area contributed by atoms with Crippen molar-refractivity contribution in [1.82, 2.24) is 4.89 Å². The minimum atomic E-state index is -3.52. The molecule has 0 heterocycles. The molecule has 0 unspecified atom stereocenters. The van der Waals surface area contributed by atoms with Crippen LogP contribution in [0.3, 0.4) is 0 Å². The second-order valence-electron chi connectivity index (χ2n) is 2.16. The van der Waals surface area contributed by atoms with Crippen LogP contribution in [0.25, 0.3) is 0 Å². The van der Waals surface area contributed by atoms with E-state index in [0.717, 1.165) is 0 Å². The van der Waals surface area contributed by atoms with Crippen LogP contribution in [0.15, 0.2) is 0 Å². The van der Waals surface area contributed by atoms with Gasteiger partial charge in [-0.2, -0.15) is 0 Å². The van der Waals surface area contributed by atoms with E-state index in [1.165, 1.54) is 7.11 Å². The van der Waals surface area contributed by atoms with Gasteiger partial charge in [-0.15, -0.1) is 0 Å². The smallest absolute Gasteiger partial charge is 0.306 e. The van der Waals surface area contributed by atoms with Crippen LogP contribution >= 0.6 is 0 Å². The highest BCUT2D eigenvalue weighted by Gasteiger charge is 2.12. The Balaban J connectivity index is 3.81. The third-order valence-electron chi connectivity index (χ3n) is 1.09. The number of nitrogens with one attached hydrogen (secondary N) is 1. The van der Waals surface area contributed by atoms with Crippen LogP contribution in [0.2, 0.25) is 0 Å². The largest absolute Gasteiger partial charge is 0.466 e. The molecule has 78 valence electrons. The van der Waals surface area contributed by atoms with E-state index in [4.69, 9.17) is 0 Å². The molecule has 0 saturated carbocycles. The molecule has 0 radical (unpaired) electrons. The summed E-state index contributed by atoms with van der Waals surface area (Å²) in [6, 6.07) is 0. The zero-order chi connectivity index (χ0) is 10.3. The van der Waals surface area contributed by atoms with Gasteiger partial charge in [0.25, 0.3) is 0 Å². The molecule has 0 bridgehead atoms. The van der Waals surface area contributed by atoms with E-state index >= 15 is 0 Å². The lowest BCUT2D eigenvalue weighted by Gasteiger charge is -2.03. The first-order valence-electron chi connectivity index (χ1n) is 3.70. The van der Waals surface area contributed by atoms with Crippen LogP contribution in [0, 0.1) is 0 Å². The number of sulfonamides is 1. The summed E-state index contributed by atoms with van der Waals surface area (Å²) in [5.74, 6) is -0.872. The predicted octanol–water partition coefficient (Wildman–Crippen LogP) is -0.580. The molecule has 1 N–H and O–H groups in total. The summed E-state index contributed by atoms with van der Waals surface area (Å²) < 4.78 is 26.3. The van der Waals surface area contributed by atoms with Gasteiger partial charge in [-0.1, -0.05) is 4.89 Å². The van der Waals surface area contributed by atoms with Crippen LogP contribution in [0.1, 0.15) is 13.3 Å². The highest BCUT2D eigenvalue weighted by molar-refractivity contribution is 7.89. The molecule has 0 rings (SSSR count). The summed E-state index contributed by atoms with van der Waals surface area (Å²) in [5, 5.41) is 0. The highest BCUT2D eigenvalue weighted by atomic mass is 32.2. The molecule has 0 aromatic heterocycles. The summed E-state index contributed by atoms with van der Waals surface area (Å²) in [6.45, 7) is 1.90. The van der Waals surface area contributed by atoms with E-state index in [1.54, 1.807) is 11.8 Å². The molecule has 0 aliphatic rings. The summed E-state index contributed by atoms with van der Waals surface area (Å²) in [6.07, 6.45) is -0.174. The Morgan fingerprint density at radius 3 is 2.54 bits per heavy atom. The molecule has 0 aliphatic heterocycles. The van der Waals surface area contributed by atoms with Gasteiger partial charge in [0.05, 0.1) is 25.9 Å². The van der Waals surface area contributed by atoms with Crippen molar-refractivity contribution in [3.63, 3.8) is 0 Å². The third-order valence-corrected chi connectivity index (χ3v) is 2.25. The molecule has 0 saturated heterocycles. The van der Waals surface area contributed by atoms with Crippen LogP contribution < -0.4 is 4.89 Å². The monoisotopic (exact) mass is 211 g/mol. The van der Waals surface area contributed by atoms with E-state index in [2.05, 4.69) is 9.57 Å². The number of hydrogen-bond acceptors (Lipinski definition) is 5. The van der Waals surface area contributed by atoms with Crippen molar-refractivity contribution in [2.24, 2.45) is 0 Å². The van der Waals surface area contributed by atoms with Crippen LogP contribution in [0.4, 0.5) is 0 Å². The number of carbonyl (C=O) groups excluding carboxylic acids is 1. The molecule has 0 fully saturated rings. The van der Waals surface area contributed by atoms with Gasteiger partial charge in [0.1, 0.15) is 0 Å². The summed E-state index contributed by atoms with van der Waals surface area (Å²) in [4.78, 5) is 16.7. The molecule has 0 aromatic carbocycles. The van der Waals surface area contributed by atoms with E-state index < -0.39 is 16.0 Å². The quantitative estimate of drug-likeness (QED) is 0.469. The Hall–Kier alpha value is -0.660. The predicted molar refractivity (Wildman–Crippen MR) is 45.2 cm³/mol. The SMILES string of the molecule is CCOC(=O)CCS(=O)(=O)NOC. The van der Waals surface area contributed by atoms with Gasteiger partial charge >= 0.3 is 5.97 Å². The highest BCUT2D eigenvalue weighted by Crippen LogP contribution is 1.92. The third kappa shape index (κ3) is 6.50. The topological polar surface area (TPSA) is 81.7 Å². The number of ether oxygens (including phenoxy) is 1. The maximum Gasteiger partial charge on any atom is 0.306 e. The summed E-state index contributed by atoms with van der Waals surface area (Å²) >= 11 is 0. The number of carbonyl (C=O) groups is 1. The lowest BCUT2D eigenvalue weighted by molar-refractivity contribution is -0.142. The lowest BCUT2D eigenvalue weighted by atomic mass is 10.5. The Kier molecular flexibility index (Phi) is 5.60. The first-order valence-corrected chi connectivity index (χ1v) is 5.35. The van der Waals surface area contributed by atoms with Crippen molar-refractivity contribution in [2.75, 3.05) is 19.5 Å². The molecule has 0 spiro atoms. The summed E-state index contributed by atoms with van der Waals surface area (Å²) in [5.41, 5.74) is 0. The summed E-state index contributed by atoms with van der Waals surface area (Å²) in [7, 11) is -2.34. The van der Waals surface area contributed by atoms with Crippen molar-refractivity contribution in [3.8, 4) is 0 Å².